The van der Waals surface area contributed by atoms with Gasteiger partial charge in [0.1, 0.15) is 11.6 Å². The van der Waals surface area contributed by atoms with Crippen molar-refractivity contribution in [3.8, 4) is 0 Å². The molecule has 0 unspecified atom stereocenters. The summed E-state index contributed by atoms with van der Waals surface area (Å²) in [6.07, 6.45) is 0.713. The zero-order valence-corrected chi connectivity index (χ0v) is 15.9. The van der Waals surface area contributed by atoms with Crippen molar-refractivity contribution < 1.29 is 14.3 Å². The predicted octanol–water partition coefficient (Wildman–Crippen LogP) is 2.11. The lowest BCUT2D eigenvalue weighted by Gasteiger charge is -2.16. The van der Waals surface area contributed by atoms with E-state index in [1.807, 2.05) is 6.92 Å². The van der Waals surface area contributed by atoms with Crippen molar-refractivity contribution in [2.24, 2.45) is 0 Å². The number of nitrogens with zero attached hydrogens (tertiary/aromatic N) is 3. The lowest BCUT2D eigenvalue weighted by molar-refractivity contribution is -0.113. The average molecular weight is 402 g/mol. The van der Waals surface area contributed by atoms with Gasteiger partial charge in [-0.25, -0.2) is 9.78 Å². The summed E-state index contributed by atoms with van der Waals surface area (Å²) in [5, 5.41) is 7.72. The highest BCUT2D eigenvalue weighted by atomic mass is 32.2. The number of aryl methyl sites for hydroxylation is 1. The van der Waals surface area contributed by atoms with Gasteiger partial charge in [-0.3, -0.25) is 9.59 Å². The average Bonchev–Trinajstić information content (AvgIpc) is 3.09. The van der Waals surface area contributed by atoms with Crippen molar-refractivity contribution in [2.45, 2.75) is 24.8 Å². The third kappa shape index (κ3) is 3.58. The van der Waals surface area contributed by atoms with Gasteiger partial charge in [-0.2, -0.15) is 9.61 Å². The van der Waals surface area contributed by atoms with Crippen molar-refractivity contribution in [3.05, 3.63) is 50.9 Å². The SMILES string of the molecule is CCc1nn2c(=O)cc(COC(=O)c3ccc4c(c3)NC(=O)CS4)nc2s1. The number of thioether (sulfide) groups is 1. The number of aromatic nitrogens is 3. The Labute approximate surface area is 161 Å². The van der Waals surface area contributed by atoms with Crippen LogP contribution in [0.25, 0.3) is 4.96 Å². The number of hydrogen-bond acceptors (Lipinski definition) is 8. The van der Waals surface area contributed by atoms with Gasteiger partial charge in [-0.05, 0) is 24.6 Å². The molecule has 27 heavy (non-hydrogen) atoms. The summed E-state index contributed by atoms with van der Waals surface area (Å²) in [5.41, 5.74) is 0.970. The normalized spacial score (nSPS) is 13.3. The molecule has 2 aromatic heterocycles. The second-order valence-corrected chi connectivity index (χ2v) is 7.81. The largest absolute Gasteiger partial charge is 0.456 e. The second kappa shape index (κ2) is 7.12. The first kappa shape index (κ1) is 17.7. The lowest BCUT2D eigenvalue weighted by Crippen LogP contribution is -2.19. The van der Waals surface area contributed by atoms with Crippen LogP contribution in [0, 0.1) is 0 Å². The first-order chi connectivity index (χ1) is 13.0. The third-order valence-corrected chi connectivity index (χ3v) is 5.97. The Balaban J connectivity index is 1.51. The molecule has 3 heterocycles. The summed E-state index contributed by atoms with van der Waals surface area (Å²) in [6.45, 7) is 1.83. The van der Waals surface area contributed by atoms with Crippen LogP contribution in [0.1, 0.15) is 28.0 Å². The number of hydrogen-bond donors (Lipinski definition) is 1. The number of anilines is 1. The highest BCUT2D eigenvalue weighted by Crippen LogP contribution is 2.32. The van der Waals surface area contributed by atoms with Crippen molar-refractivity contribution in [2.75, 3.05) is 11.1 Å². The summed E-state index contributed by atoms with van der Waals surface area (Å²) in [6, 6.07) is 6.32. The first-order valence-electron chi connectivity index (χ1n) is 8.16. The van der Waals surface area contributed by atoms with E-state index in [0.29, 0.717) is 34.1 Å². The maximum absolute atomic E-state index is 12.3. The molecule has 1 amide bonds. The molecule has 0 fully saturated rings. The number of carbonyl (C=O) groups is 2. The van der Waals surface area contributed by atoms with Crippen LogP contribution in [-0.2, 0) is 22.6 Å². The molecule has 1 aliphatic heterocycles. The maximum atomic E-state index is 12.3. The molecule has 1 aromatic carbocycles. The van der Waals surface area contributed by atoms with Gasteiger partial charge in [0.15, 0.2) is 0 Å². The number of ether oxygens (including phenoxy) is 1. The fraction of sp³-hybridized carbons (Fsp3) is 0.235. The van der Waals surface area contributed by atoms with Gasteiger partial charge in [0.2, 0.25) is 10.9 Å². The Kier molecular flexibility index (Phi) is 4.66. The van der Waals surface area contributed by atoms with E-state index in [2.05, 4.69) is 15.4 Å². The standard InChI is InChI=1S/C17H14N4O4S2/c1-2-14-20-21-15(23)6-10(18-17(21)27-14)7-25-16(24)9-3-4-12-11(5-9)19-13(22)8-26-12/h3-6H,2,7-8H2,1H3,(H,19,22). The molecule has 1 aliphatic rings. The van der Waals surface area contributed by atoms with Gasteiger partial charge < -0.3 is 10.1 Å². The van der Waals surface area contributed by atoms with Crippen molar-refractivity contribution >= 4 is 45.6 Å². The van der Waals surface area contributed by atoms with E-state index >= 15 is 0 Å². The second-order valence-electron chi connectivity index (χ2n) is 5.75. The predicted molar refractivity (Wildman–Crippen MR) is 101 cm³/mol. The van der Waals surface area contributed by atoms with Crippen molar-refractivity contribution in [3.63, 3.8) is 0 Å². The van der Waals surface area contributed by atoms with E-state index in [0.717, 1.165) is 9.90 Å². The Hall–Kier alpha value is -2.72. The lowest BCUT2D eigenvalue weighted by atomic mass is 10.2. The summed E-state index contributed by atoms with van der Waals surface area (Å²) in [5.74, 6) is -0.298. The summed E-state index contributed by atoms with van der Waals surface area (Å²) in [4.78, 5) is 41.6. The summed E-state index contributed by atoms with van der Waals surface area (Å²) >= 11 is 2.75. The fourth-order valence-electron chi connectivity index (χ4n) is 2.55. The fourth-order valence-corrected chi connectivity index (χ4v) is 4.19. The van der Waals surface area contributed by atoms with Crippen LogP contribution in [0.5, 0.6) is 0 Å². The molecule has 0 spiro atoms. The molecular weight excluding hydrogens is 388 g/mol. The molecule has 10 heteroatoms. The van der Waals surface area contributed by atoms with Crippen LogP contribution in [0.2, 0.25) is 0 Å². The topological polar surface area (TPSA) is 103 Å². The number of carbonyl (C=O) groups excluding carboxylic acids is 2. The number of fused-ring (bicyclic) bond motifs is 2. The first-order valence-corrected chi connectivity index (χ1v) is 9.96. The van der Waals surface area contributed by atoms with Gasteiger partial charge in [-0.1, -0.05) is 18.3 Å². The minimum absolute atomic E-state index is 0.105. The van der Waals surface area contributed by atoms with Crippen LogP contribution in [0.3, 0.4) is 0 Å². The maximum Gasteiger partial charge on any atom is 0.338 e. The highest BCUT2D eigenvalue weighted by Gasteiger charge is 2.18. The van der Waals surface area contributed by atoms with Crippen LogP contribution in [0.4, 0.5) is 5.69 Å². The van der Waals surface area contributed by atoms with E-state index in [9.17, 15) is 14.4 Å². The smallest absolute Gasteiger partial charge is 0.338 e. The monoisotopic (exact) mass is 402 g/mol. The zero-order chi connectivity index (χ0) is 19.0. The number of rotatable bonds is 4. The number of amides is 1. The number of esters is 1. The molecule has 0 bridgehead atoms. The molecule has 0 aliphatic carbocycles. The van der Waals surface area contributed by atoms with E-state index in [1.165, 1.54) is 33.7 Å². The van der Waals surface area contributed by atoms with Crippen LogP contribution in [0.15, 0.2) is 34.0 Å². The minimum Gasteiger partial charge on any atom is -0.456 e. The van der Waals surface area contributed by atoms with Gasteiger partial charge in [-0.15, -0.1) is 11.8 Å². The van der Waals surface area contributed by atoms with Gasteiger partial charge >= 0.3 is 5.97 Å². The molecule has 4 rings (SSSR count). The molecule has 0 atom stereocenters. The molecular formula is C17H14N4O4S2. The molecule has 0 saturated heterocycles. The van der Waals surface area contributed by atoms with Gasteiger partial charge in [0.05, 0.1) is 22.7 Å². The molecule has 138 valence electrons. The van der Waals surface area contributed by atoms with Crippen LogP contribution in [-0.4, -0.2) is 32.2 Å². The van der Waals surface area contributed by atoms with Crippen molar-refractivity contribution in [1.29, 1.82) is 0 Å². The molecule has 1 N–H and O–H groups in total. The van der Waals surface area contributed by atoms with Crippen LogP contribution >= 0.6 is 23.1 Å². The van der Waals surface area contributed by atoms with Gasteiger partial charge in [0, 0.05) is 11.0 Å². The highest BCUT2D eigenvalue weighted by molar-refractivity contribution is 8.00. The van der Waals surface area contributed by atoms with E-state index < -0.39 is 5.97 Å². The van der Waals surface area contributed by atoms with E-state index in [4.69, 9.17) is 4.74 Å². The van der Waals surface area contributed by atoms with Crippen LogP contribution < -0.4 is 10.9 Å². The zero-order valence-electron chi connectivity index (χ0n) is 14.2. The Bertz CT molecular complexity index is 1120. The quantitative estimate of drug-likeness (QED) is 0.667. The van der Waals surface area contributed by atoms with Crippen molar-refractivity contribution in [1.82, 2.24) is 14.6 Å². The Morgan fingerprint density at radius 2 is 2.19 bits per heavy atom. The molecule has 0 saturated carbocycles. The number of benzene rings is 1. The summed E-state index contributed by atoms with van der Waals surface area (Å²) < 4.78 is 6.53. The number of nitrogens with one attached hydrogen (secondary N) is 1. The van der Waals surface area contributed by atoms with Gasteiger partial charge in [0.25, 0.3) is 5.56 Å². The Morgan fingerprint density at radius 1 is 1.33 bits per heavy atom. The summed E-state index contributed by atoms with van der Waals surface area (Å²) in [7, 11) is 0. The van der Waals surface area contributed by atoms with E-state index in [1.54, 1.807) is 18.2 Å². The minimum atomic E-state index is -0.553. The molecule has 0 radical (unpaired) electrons. The molecule has 8 nitrogen and oxygen atoms in total. The van der Waals surface area contributed by atoms with E-state index in [-0.39, 0.29) is 18.1 Å². The Morgan fingerprint density at radius 3 is 3.00 bits per heavy atom. The third-order valence-electron chi connectivity index (χ3n) is 3.84. The molecule has 3 aromatic rings.